The third-order valence-electron chi connectivity index (χ3n) is 8.15. The van der Waals surface area contributed by atoms with E-state index in [9.17, 15) is 34.8 Å². The number of benzene rings is 2. The van der Waals surface area contributed by atoms with Gasteiger partial charge in [-0.15, -0.1) is 0 Å². The van der Waals surface area contributed by atoms with Gasteiger partial charge in [0.15, 0.2) is 17.2 Å². The van der Waals surface area contributed by atoms with Crippen molar-refractivity contribution >= 4 is 23.1 Å². The molecule has 1 fully saturated rings. The van der Waals surface area contributed by atoms with Gasteiger partial charge in [0.05, 0.1) is 11.6 Å². The smallest absolute Gasteiger partial charge is 0.202 e. The predicted octanol–water partition coefficient (Wildman–Crippen LogP) is 2.97. The highest BCUT2D eigenvalue weighted by atomic mass is 16.3. The molecule has 0 aliphatic heterocycles. The number of aliphatic hydroxyl groups is 3. The summed E-state index contributed by atoms with van der Waals surface area (Å²) in [5.74, 6) is -6.33. The Kier molecular flexibility index (Phi) is 5.65. The minimum Gasteiger partial charge on any atom is -0.508 e. The van der Waals surface area contributed by atoms with Crippen molar-refractivity contribution in [1.29, 1.82) is 0 Å². The standard InChI is InChI=1S/C29H29NO7/c1-13-8-10-15(11-9-13)21-16-6-5-7-19(32)22(16)25(33)23-17(21)12-18-24(30(3)4)26(34)20(14(2)31)27(35)29(18,37)28(23)36/h5-11,17-18,21,24,32-33,35,37H,12H2,1-4H3/t17-,18+,21+,24+,29-/m1/s1. The van der Waals surface area contributed by atoms with E-state index < -0.39 is 63.8 Å². The molecule has 4 N–H and O–H groups in total. The Morgan fingerprint density at radius 2 is 1.68 bits per heavy atom. The van der Waals surface area contributed by atoms with Gasteiger partial charge in [-0.2, -0.15) is 0 Å². The molecule has 0 radical (unpaired) electrons. The SMILES string of the molecule is CC(=O)C1=C(O)[C@@]2(O)C(=O)C3=C(O)c4c(O)cccc4[C@H](c4ccc(C)cc4)[C@H]3C[C@H]2[C@H](N(C)C)C1=O. The Bertz CT molecular complexity index is 1420. The van der Waals surface area contributed by atoms with E-state index in [1.54, 1.807) is 31.1 Å². The van der Waals surface area contributed by atoms with E-state index in [1.807, 2.05) is 31.2 Å². The number of carbonyl (C=O) groups excluding carboxylic acids is 3. The summed E-state index contributed by atoms with van der Waals surface area (Å²) < 4.78 is 0. The van der Waals surface area contributed by atoms with Crippen molar-refractivity contribution in [3.05, 3.63) is 81.6 Å². The predicted molar refractivity (Wildman–Crippen MR) is 135 cm³/mol. The zero-order valence-electron chi connectivity index (χ0n) is 21.0. The van der Waals surface area contributed by atoms with Crippen molar-refractivity contribution in [3.8, 4) is 5.75 Å². The molecule has 2 aromatic rings. The van der Waals surface area contributed by atoms with Gasteiger partial charge in [0.1, 0.15) is 22.8 Å². The van der Waals surface area contributed by atoms with E-state index >= 15 is 0 Å². The van der Waals surface area contributed by atoms with Crippen LogP contribution in [0.15, 0.2) is 59.4 Å². The average Bonchev–Trinajstić information content (AvgIpc) is 2.82. The fourth-order valence-electron chi connectivity index (χ4n) is 6.51. The first kappa shape index (κ1) is 24.9. The Balaban J connectivity index is 1.81. The van der Waals surface area contributed by atoms with Crippen LogP contribution in [-0.4, -0.2) is 68.4 Å². The molecule has 8 nitrogen and oxygen atoms in total. The van der Waals surface area contributed by atoms with Gasteiger partial charge in [-0.3, -0.25) is 19.3 Å². The number of phenolic OH excluding ortho intramolecular Hbond substituents is 1. The number of ketones is 3. The van der Waals surface area contributed by atoms with Gasteiger partial charge in [-0.1, -0.05) is 42.0 Å². The minimum atomic E-state index is -2.59. The molecule has 0 spiro atoms. The van der Waals surface area contributed by atoms with Crippen LogP contribution in [0.2, 0.25) is 0 Å². The highest BCUT2D eigenvalue weighted by Gasteiger charge is 2.65. The van der Waals surface area contributed by atoms with E-state index in [0.717, 1.165) is 18.1 Å². The zero-order valence-corrected chi connectivity index (χ0v) is 21.0. The number of likely N-dealkylation sites (N-methyl/N-ethyl adjacent to an activating group) is 1. The van der Waals surface area contributed by atoms with Crippen LogP contribution in [0.3, 0.4) is 0 Å². The van der Waals surface area contributed by atoms with E-state index in [2.05, 4.69) is 0 Å². The number of Topliss-reactive ketones (excluding diaryl/α,β-unsaturated/α-hetero) is 3. The summed E-state index contributed by atoms with van der Waals surface area (Å²) in [6, 6.07) is 11.5. The molecule has 1 saturated carbocycles. The highest BCUT2D eigenvalue weighted by Crippen LogP contribution is 2.57. The van der Waals surface area contributed by atoms with Crippen molar-refractivity contribution in [3.63, 3.8) is 0 Å². The van der Waals surface area contributed by atoms with Gasteiger partial charge < -0.3 is 20.4 Å². The van der Waals surface area contributed by atoms with Crippen molar-refractivity contribution in [2.75, 3.05) is 14.1 Å². The lowest BCUT2D eigenvalue weighted by atomic mass is 9.54. The molecule has 3 aliphatic rings. The molecule has 0 amide bonds. The first-order valence-corrected chi connectivity index (χ1v) is 12.2. The second kappa shape index (κ2) is 8.39. The third kappa shape index (κ3) is 3.32. The number of hydrogen-bond acceptors (Lipinski definition) is 8. The largest absolute Gasteiger partial charge is 0.508 e. The minimum absolute atomic E-state index is 0.0547. The molecule has 0 bridgehead atoms. The first-order chi connectivity index (χ1) is 17.4. The molecule has 0 saturated heterocycles. The van der Waals surface area contributed by atoms with Crippen LogP contribution in [0.25, 0.3) is 5.76 Å². The molecule has 192 valence electrons. The molecular formula is C29H29NO7. The number of aromatic hydroxyl groups is 1. The quantitative estimate of drug-likeness (QED) is 0.470. The van der Waals surface area contributed by atoms with E-state index in [0.29, 0.717) is 5.56 Å². The van der Waals surface area contributed by atoms with Gasteiger partial charge in [0.25, 0.3) is 0 Å². The van der Waals surface area contributed by atoms with Crippen molar-refractivity contribution < 1.29 is 34.8 Å². The van der Waals surface area contributed by atoms with Crippen LogP contribution in [0.4, 0.5) is 0 Å². The number of aliphatic hydroxyl groups excluding tert-OH is 2. The topological polar surface area (TPSA) is 135 Å². The fourth-order valence-corrected chi connectivity index (χ4v) is 6.51. The maximum atomic E-state index is 14.1. The van der Waals surface area contributed by atoms with Crippen LogP contribution in [0.1, 0.15) is 41.5 Å². The molecule has 5 atom stereocenters. The average molecular weight is 504 g/mol. The van der Waals surface area contributed by atoms with E-state index in [4.69, 9.17) is 0 Å². The summed E-state index contributed by atoms with van der Waals surface area (Å²) in [6.45, 7) is 3.04. The molecule has 0 aromatic heterocycles. The Morgan fingerprint density at radius 1 is 1.03 bits per heavy atom. The lowest BCUT2D eigenvalue weighted by Gasteiger charge is -2.51. The van der Waals surface area contributed by atoms with E-state index in [1.165, 1.54) is 6.07 Å². The lowest BCUT2D eigenvalue weighted by molar-refractivity contribution is -0.154. The van der Waals surface area contributed by atoms with Gasteiger partial charge in [-0.05, 0) is 51.6 Å². The van der Waals surface area contributed by atoms with E-state index in [-0.39, 0.29) is 23.3 Å². The van der Waals surface area contributed by atoms with Crippen molar-refractivity contribution in [2.45, 2.75) is 37.8 Å². The molecular weight excluding hydrogens is 474 g/mol. The second-order valence-electron chi connectivity index (χ2n) is 10.5. The Morgan fingerprint density at radius 3 is 2.27 bits per heavy atom. The maximum Gasteiger partial charge on any atom is 0.202 e. The lowest BCUT2D eigenvalue weighted by Crippen LogP contribution is -2.65. The monoisotopic (exact) mass is 503 g/mol. The number of fused-ring (bicyclic) bond motifs is 3. The number of phenols is 1. The van der Waals surface area contributed by atoms with Crippen LogP contribution in [0, 0.1) is 18.8 Å². The third-order valence-corrected chi connectivity index (χ3v) is 8.15. The summed E-state index contributed by atoms with van der Waals surface area (Å²) in [6.07, 6.45) is 0.0547. The van der Waals surface area contributed by atoms with Crippen LogP contribution in [0.5, 0.6) is 5.75 Å². The molecule has 2 aromatic carbocycles. The van der Waals surface area contributed by atoms with Gasteiger partial charge in [0.2, 0.25) is 5.78 Å². The molecule has 0 heterocycles. The summed E-state index contributed by atoms with van der Waals surface area (Å²) in [5, 5.41) is 45.0. The molecule has 5 rings (SSSR count). The van der Waals surface area contributed by atoms with Crippen LogP contribution in [-0.2, 0) is 14.4 Å². The van der Waals surface area contributed by atoms with Crippen LogP contribution < -0.4 is 0 Å². The molecule has 8 heteroatoms. The Labute approximate surface area is 214 Å². The normalized spacial score (nSPS) is 29.2. The molecule has 3 aliphatic carbocycles. The molecule has 0 unspecified atom stereocenters. The van der Waals surface area contributed by atoms with Crippen molar-refractivity contribution in [1.82, 2.24) is 4.90 Å². The first-order valence-electron chi connectivity index (χ1n) is 12.2. The molecule has 37 heavy (non-hydrogen) atoms. The second-order valence-corrected chi connectivity index (χ2v) is 10.5. The van der Waals surface area contributed by atoms with Gasteiger partial charge in [0, 0.05) is 23.3 Å². The Hall–Kier alpha value is -3.75. The fraction of sp³-hybridized carbons (Fsp3) is 0.345. The van der Waals surface area contributed by atoms with Crippen LogP contribution >= 0.6 is 0 Å². The van der Waals surface area contributed by atoms with Gasteiger partial charge in [-0.25, -0.2) is 0 Å². The van der Waals surface area contributed by atoms with Gasteiger partial charge >= 0.3 is 0 Å². The number of aryl methyl sites for hydroxylation is 1. The number of carbonyl (C=O) groups is 3. The maximum absolute atomic E-state index is 14.1. The summed E-state index contributed by atoms with van der Waals surface area (Å²) in [4.78, 5) is 41.4. The zero-order chi connectivity index (χ0) is 27.0. The summed E-state index contributed by atoms with van der Waals surface area (Å²) >= 11 is 0. The number of hydrogen-bond donors (Lipinski definition) is 4. The number of rotatable bonds is 3. The number of nitrogens with zero attached hydrogens (tertiary/aromatic N) is 1. The van der Waals surface area contributed by atoms with Crippen molar-refractivity contribution in [2.24, 2.45) is 11.8 Å². The summed E-state index contributed by atoms with van der Waals surface area (Å²) in [7, 11) is 3.23. The highest BCUT2D eigenvalue weighted by molar-refractivity contribution is 6.25. The summed E-state index contributed by atoms with van der Waals surface area (Å²) in [5.41, 5.74) is -0.789.